The van der Waals surface area contributed by atoms with Crippen LogP contribution in [0, 0.1) is 20.2 Å². The van der Waals surface area contributed by atoms with Crippen LogP contribution >= 0.6 is 0 Å². The van der Waals surface area contributed by atoms with Crippen LogP contribution in [0.5, 0.6) is 0 Å². The highest BCUT2D eigenvalue weighted by atomic mass is 16.6. The number of amides is 1. The first-order chi connectivity index (χ1) is 12.9. The van der Waals surface area contributed by atoms with Gasteiger partial charge in [0.1, 0.15) is 0 Å². The molecule has 0 spiro atoms. The van der Waals surface area contributed by atoms with Crippen molar-refractivity contribution in [1.82, 2.24) is 4.90 Å². The first-order valence-corrected chi connectivity index (χ1v) is 8.32. The standard InChI is InChI=1S/C18H17N3O6/c22-18(14-8-15(20(23)24)10-16(9-14)21(25)26)19-7-6-17(11-19)27-12-13-4-2-1-3-5-13/h1-5,8-10,17H,6-7,11-12H2/t17-/m1/s1. The van der Waals surface area contributed by atoms with E-state index in [1.807, 2.05) is 30.3 Å². The Morgan fingerprint density at radius 2 is 1.70 bits per heavy atom. The molecule has 1 fully saturated rings. The molecule has 0 radical (unpaired) electrons. The summed E-state index contributed by atoms with van der Waals surface area (Å²) in [5.74, 6) is -0.479. The zero-order valence-corrected chi connectivity index (χ0v) is 14.3. The molecule has 1 aliphatic rings. The van der Waals surface area contributed by atoms with Crippen molar-refractivity contribution in [3.05, 3.63) is 79.9 Å². The molecule has 1 atom stereocenters. The van der Waals surface area contributed by atoms with Crippen molar-refractivity contribution in [3.8, 4) is 0 Å². The van der Waals surface area contributed by atoms with Gasteiger partial charge in [-0.05, 0) is 12.0 Å². The molecule has 1 aliphatic heterocycles. The van der Waals surface area contributed by atoms with Gasteiger partial charge in [-0.1, -0.05) is 30.3 Å². The second-order valence-corrected chi connectivity index (χ2v) is 6.21. The smallest absolute Gasteiger partial charge is 0.277 e. The van der Waals surface area contributed by atoms with Gasteiger partial charge in [0.2, 0.25) is 0 Å². The first kappa shape index (κ1) is 18.5. The number of rotatable bonds is 6. The summed E-state index contributed by atoms with van der Waals surface area (Å²) >= 11 is 0. The lowest BCUT2D eigenvalue weighted by Gasteiger charge is -2.17. The van der Waals surface area contributed by atoms with Crippen LogP contribution in [-0.2, 0) is 11.3 Å². The number of ether oxygens (including phenoxy) is 1. The first-order valence-electron chi connectivity index (χ1n) is 8.32. The van der Waals surface area contributed by atoms with Gasteiger partial charge in [0.15, 0.2) is 0 Å². The van der Waals surface area contributed by atoms with Gasteiger partial charge >= 0.3 is 0 Å². The maximum Gasteiger partial charge on any atom is 0.277 e. The predicted octanol–water partition coefficient (Wildman–Crippen LogP) is 2.93. The quantitative estimate of drug-likeness (QED) is 0.569. The maximum atomic E-state index is 12.6. The van der Waals surface area contributed by atoms with Crippen LogP contribution in [-0.4, -0.2) is 39.8 Å². The van der Waals surface area contributed by atoms with E-state index in [2.05, 4.69) is 0 Å². The largest absolute Gasteiger partial charge is 0.372 e. The van der Waals surface area contributed by atoms with Crippen LogP contribution in [0.3, 0.4) is 0 Å². The molecular weight excluding hydrogens is 354 g/mol. The molecule has 1 heterocycles. The van der Waals surface area contributed by atoms with E-state index >= 15 is 0 Å². The monoisotopic (exact) mass is 371 g/mol. The van der Waals surface area contributed by atoms with Crippen LogP contribution in [0.15, 0.2) is 48.5 Å². The lowest BCUT2D eigenvalue weighted by molar-refractivity contribution is -0.394. The molecule has 0 bridgehead atoms. The third-order valence-electron chi connectivity index (χ3n) is 4.33. The Morgan fingerprint density at radius 1 is 1.07 bits per heavy atom. The highest BCUT2D eigenvalue weighted by molar-refractivity contribution is 5.95. The van der Waals surface area contributed by atoms with Crippen molar-refractivity contribution in [2.45, 2.75) is 19.1 Å². The summed E-state index contributed by atoms with van der Waals surface area (Å²) in [6.07, 6.45) is 0.484. The molecule has 3 rings (SSSR count). The van der Waals surface area contributed by atoms with Crippen LogP contribution < -0.4 is 0 Å². The minimum atomic E-state index is -0.750. The van der Waals surface area contributed by atoms with E-state index < -0.39 is 27.1 Å². The number of nitrogens with zero attached hydrogens (tertiary/aromatic N) is 3. The fraction of sp³-hybridized carbons (Fsp3) is 0.278. The van der Waals surface area contributed by atoms with E-state index in [4.69, 9.17) is 4.74 Å². The second kappa shape index (κ2) is 7.92. The van der Waals surface area contributed by atoms with Crippen LogP contribution in [0.1, 0.15) is 22.3 Å². The topological polar surface area (TPSA) is 116 Å². The van der Waals surface area contributed by atoms with Crippen molar-refractivity contribution in [2.75, 3.05) is 13.1 Å². The number of non-ortho nitro benzene ring substituents is 2. The highest BCUT2D eigenvalue weighted by Crippen LogP contribution is 2.25. The molecule has 27 heavy (non-hydrogen) atoms. The Labute approximate surface area is 154 Å². The van der Waals surface area contributed by atoms with Crippen molar-refractivity contribution < 1.29 is 19.4 Å². The summed E-state index contributed by atoms with van der Waals surface area (Å²) in [4.78, 5) is 34.6. The number of benzene rings is 2. The molecule has 0 aliphatic carbocycles. The van der Waals surface area contributed by atoms with Gasteiger partial charge < -0.3 is 9.64 Å². The molecular formula is C18H17N3O6. The predicted molar refractivity (Wildman–Crippen MR) is 95.3 cm³/mol. The van der Waals surface area contributed by atoms with Crippen molar-refractivity contribution in [1.29, 1.82) is 0 Å². The van der Waals surface area contributed by atoms with Gasteiger partial charge in [0, 0.05) is 25.2 Å². The zero-order chi connectivity index (χ0) is 19.4. The Morgan fingerprint density at radius 3 is 2.30 bits per heavy atom. The molecule has 1 saturated heterocycles. The Balaban J connectivity index is 1.68. The van der Waals surface area contributed by atoms with E-state index in [9.17, 15) is 25.0 Å². The third-order valence-corrected chi connectivity index (χ3v) is 4.33. The summed E-state index contributed by atoms with van der Waals surface area (Å²) in [6.45, 7) is 1.19. The molecule has 0 N–H and O–H groups in total. The average molecular weight is 371 g/mol. The molecule has 2 aromatic carbocycles. The van der Waals surface area contributed by atoms with E-state index in [0.29, 0.717) is 26.1 Å². The molecule has 9 nitrogen and oxygen atoms in total. The number of likely N-dealkylation sites (tertiary alicyclic amines) is 1. The van der Waals surface area contributed by atoms with Crippen LogP contribution in [0.4, 0.5) is 11.4 Å². The Kier molecular flexibility index (Phi) is 5.41. The molecule has 2 aromatic rings. The fourth-order valence-electron chi connectivity index (χ4n) is 2.95. The summed E-state index contributed by atoms with van der Waals surface area (Å²) in [6, 6.07) is 12.6. The van der Waals surface area contributed by atoms with Gasteiger partial charge in [-0.25, -0.2) is 0 Å². The van der Waals surface area contributed by atoms with E-state index in [1.165, 1.54) is 4.90 Å². The zero-order valence-electron chi connectivity index (χ0n) is 14.3. The number of carbonyl (C=O) groups is 1. The van der Waals surface area contributed by atoms with Crippen molar-refractivity contribution in [3.63, 3.8) is 0 Å². The molecule has 0 saturated carbocycles. The Bertz CT molecular complexity index is 838. The van der Waals surface area contributed by atoms with Gasteiger partial charge in [-0.3, -0.25) is 25.0 Å². The number of nitro benzene ring substituents is 2. The summed E-state index contributed by atoms with van der Waals surface area (Å²) < 4.78 is 5.82. The molecule has 9 heteroatoms. The molecule has 140 valence electrons. The molecule has 1 amide bonds. The summed E-state index contributed by atoms with van der Waals surface area (Å²) in [5.41, 5.74) is -0.0107. The summed E-state index contributed by atoms with van der Waals surface area (Å²) in [5, 5.41) is 22.0. The highest BCUT2D eigenvalue weighted by Gasteiger charge is 2.29. The number of nitro groups is 2. The van der Waals surface area contributed by atoms with E-state index in [-0.39, 0.29) is 11.7 Å². The van der Waals surface area contributed by atoms with Crippen molar-refractivity contribution in [2.24, 2.45) is 0 Å². The fourth-order valence-corrected chi connectivity index (χ4v) is 2.95. The normalized spacial score (nSPS) is 16.3. The lowest BCUT2D eigenvalue weighted by atomic mass is 10.1. The molecule has 0 unspecified atom stereocenters. The minimum absolute atomic E-state index is 0.0698. The van der Waals surface area contributed by atoms with Gasteiger partial charge in [-0.2, -0.15) is 0 Å². The van der Waals surface area contributed by atoms with Crippen LogP contribution in [0.2, 0.25) is 0 Å². The lowest BCUT2D eigenvalue weighted by Crippen LogP contribution is -2.30. The van der Waals surface area contributed by atoms with E-state index in [1.54, 1.807) is 0 Å². The molecule has 0 aromatic heterocycles. The average Bonchev–Trinajstić information content (AvgIpc) is 3.15. The summed E-state index contributed by atoms with van der Waals surface area (Å²) in [7, 11) is 0. The van der Waals surface area contributed by atoms with Gasteiger partial charge in [-0.15, -0.1) is 0 Å². The Hall–Kier alpha value is -3.33. The number of hydrogen-bond donors (Lipinski definition) is 0. The second-order valence-electron chi connectivity index (χ2n) is 6.21. The number of hydrogen-bond acceptors (Lipinski definition) is 6. The van der Waals surface area contributed by atoms with Gasteiger partial charge in [0.05, 0.1) is 34.2 Å². The van der Waals surface area contributed by atoms with Crippen molar-refractivity contribution >= 4 is 17.3 Å². The van der Waals surface area contributed by atoms with E-state index in [0.717, 1.165) is 23.8 Å². The number of carbonyl (C=O) groups excluding carboxylic acids is 1. The minimum Gasteiger partial charge on any atom is -0.372 e. The van der Waals surface area contributed by atoms with Crippen LogP contribution in [0.25, 0.3) is 0 Å². The van der Waals surface area contributed by atoms with Gasteiger partial charge in [0.25, 0.3) is 17.3 Å². The third kappa shape index (κ3) is 4.45. The SMILES string of the molecule is O=C(c1cc([N+](=O)[O-])cc([N+](=O)[O-])c1)N1CC[C@@H](OCc2ccccc2)C1. The maximum absolute atomic E-state index is 12.6.